The molecule has 1 fully saturated rings. The van der Waals surface area contributed by atoms with Crippen LogP contribution in [0.2, 0.25) is 0 Å². The highest BCUT2D eigenvalue weighted by atomic mass is 16.3. The summed E-state index contributed by atoms with van der Waals surface area (Å²) in [6, 6.07) is 0. The van der Waals surface area contributed by atoms with Gasteiger partial charge in [0.25, 0.3) is 0 Å². The predicted molar refractivity (Wildman–Crippen MR) is 69.5 cm³/mol. The molecule has 0 radical (unpaired) electrons. The van der Waals surface area contributed by atoms with E-state index in [-0.39, 0.29) is 6.61 Å². The summed E-state index contributed by atoms with van der Waals surface area (Å²) in [5.41, 5.74) is 0. The topological polar surface area (TPSA) is 32.3 Å². The molecule has 2 unspecified atom stereocenters. The molecule has 0 aromatic heterocycles. The summed E-state index contributed by atoms with van der Waals surface area (Å²) in [5, 5.41) is 11.9. The lowest BCUT2D eigenvalue weighted by Gasteiger charge is -2.21. The van der Waals surface area contributed by atoms with Gasteiger partial charge in [0.05, 0.1) is 6.61 Å². The minimum atomic E-state index is 0.264. The summed E-state index contributed by atoms with van der Waals surface area (Å²) in [6.45, 7) is 4.53. The van der Waals surface area contributed by atoms with Gasteiger partial charge in [0.15, 0.2) is 0 Å². The Morgan fingerprint density at radius 2 is 1.88 bits per heavy atom. The van der Waals surface area contributed by atoms with E-state index in [0.717, 1.165) is 24.9 Å². The summed E-state index contributed by atoms with van der Waals surface area (Å²) in [4.78, 5) is 0. The molecule has 96 valence electrons. The minimum Gasteiger partial charge on any atom is -0.395 e. The van der Waals surface area contributed by atoms with Gasteiger partial charge in [0.2, 0.25) is 0 Å². The van der Waals surface area contributed by atoms with Gasteiger partial charge < -0.3 is 10.4 Å². The van der Waals surface area contributed by atoms with Crippen molar-refractivity contribution in [1.29, 1.82) is 0 Å². The lowest BCUT2D eigenvalue weighted by molar-refractivity contribution is 0.288. The molecule has 0 heterocycles. The Morgan fingerprint density at radius 3 is 2.69 bits per heavy atom. The summed E-state index contributed by atoms with van der Waals surface area (Å²) in [7, 11) is 0. The Morgan fingerprint density at radius 1 is 1.06 bits per heavy atom. The first kappa shape index (κ1) is 14.0. The molecule has 1 saturated carbocycles. The van der Waals surface area contributed by atoms with Crippen molar-refractivity contribution in [1.82, 2.24) is 5.32 Å². The average Bonchev–Trinajstić information content (AvgIpc) is 2.49. The van der Waals surface area contributed by atoms with Crippen molar-refractivity contribution < 1.29 is 5.11 Å². The molecule has 1 aliphatic rings. The molecule has 2 N–H and O–H groups in total. The van der Waals surface area contributed by atoms with E-state index in [9.17, 15) is 0 Å². The largest absolute Gasteiger partial charge is 0.395 e. The van der Waals surface area contributed by atoms with E-state index < -0.39 is 0 Å². The standard InChI is InChI=1S/C14H29NO/c1-13-7-3-2-4-8-14(13)9-5-6-10-15-11-12-16/h13-16H,2-12H2,1H3. The lowest BCUT2D eigenvalue weighted by Crippen LogP contribution is -2.19. The summed E-state index contributed by atoms with van der Waals surface area (Å²) in [6.07, 6.45) is 11.3. The molecule has 2 heteroatoms. The van der Waals surface area contributed by atoms with Crippen molar-refractivity contribution in [3.8, 4) is 0 Å². The van der Waals surface area contributed by atoms with Crippen LogP contribution in [0, 0.1) is 11.8 Å². The predicted octanol–water partition coefficient (Wildman–Crippen LogP) is 2.96. The van der Waals surface area contributed by atoms with E-state index in [0.29, 0.717) is 0 Å². The molecule has 0 aromatic rings. The van der Waals surface area contributed by atoms with E-state index in [1.165, 1.54) is 51.4 Å². The van der Waals surface area contributed by atoms with Gasteiger partial charge in [-0.2, -0.15) is 0 Å². The van der Waals surface area contributed by atoms with Crippen LogP contribution in [0.5, 0.6) is 0 Å². The summed E-state index contributed by atoms with van der Waals surface area (Å²) in [5.74, 6) is 1.94. The van der Waals surface area contributed by atoms with Gasteiger partial charge in [-0.05, 0) is 24.8 Å². The molecule has 0 saturated heterocycles. The fourth-order valence-electron chi connectivity index (χ4n) is 2.86. The molecule has 1 aliphatic carbocycles. The number of aliphatic hydroxyl groups is 1. The number of unbranched alkanes of at least 4 members (excludes halogenated alkanes) is 1. The maximum absolute atomic E-state index is 8.63. The molecule has 2 atom stereocenters. The molecule has 16 heavy (non-hydrogen) atoms. The first-order valence-electron chi connectivity index (χ1n) is 7.16. The zero-order chi connectivity index (χ0) is 11.6. The second kappa shape index (κ2) is 9.00. The first-order valence-corrected chi connectivity index (χ1v) is 7.16. The SMILES string of the molecule is CC1CCCCCC1CCCCNCCO. The van der Waals surface area contributed by atoms with Gasteiger partial charge in [0.1, 0.15) is 0 Å². The highest BCUT2D eigenvalue weighted by Gasteiger charge is 2.18. The van der Waals surface area contributed by atoms with Gasteiger partial charge in [-0.1, -0.05) is 51.9 Å². The van der Waals surface area contributed by atoms with E-state index in [1.54, 1.807) is 0 Å². The van der Waals surface area contributed by atoms with Crippen molar-refractivity contribution in [2.45, 2.75) is 58.3 Å². The number of rotatable bonds is 7. The van der Waals surface area contributed by atoms with Crippen LogP contribution in [0.15, 0.2) is 0 Å². The Hall–Kier alpha value is -0.0800. The van der Waals surface area contributed by atoms with E-state index in [2.05, 4.69) is 12.2 Å². The van der Waals surface area contributed by atoms with Crippen LogP contribution in [-0.2, 0) is 0 Å². The third-order valence-electron chi connectivity index (χ3n) is 4.01. The molecule has 0 aromatic carbocycles. The number of hydrogen-bond acceptors (Lipinski definition) is 2. The van der Waals surface area contributed by atoms with Crippen molar-refractivity contribution in [2.24, 2.45) is 11.8 Å². The van der Waals surface area contributed by atoms with Crippen LogP contribution in [0.4, 0.5) is 0 Å². The van der Waals surface area contributed by atoms with Crippen LogP contribution in [0.1, 0.15) is 58.3 Å². The Bertz CT molecular complexity index is 161. The van der Waals surface area contributed by atoms with Crippen molar-refractivity contribution in [3.63, 3.8) is 0 Å². The van der Waals surface area contributed by atoms with Crippen LogP contribution >= 0.6 is 0 Å². The normalized spacial score (nSPS) is 26.6. The monoisotopic (exact) mass is 227 g/mol. The van der Waals surface area contributed by atoms with Crippen LogP contribution in [-0.4, -0.2) is 24.8 Å². The van der Waals surface area contributed by atoms with Crippen molar-refractivity contribution in [2.75, 3.05) is 19.7 Å². The average molecular weight is 227 g/mol. The van der Waals surface area contributed by atoms with Crippen LogP contribution in [0.3, 0.4) is 0 Å². The van der Waals surface area contributed by atoms with Crippen molar-refractivity contribution >= 4 is 0 Å². The highest BCUT2D eigenvalue weighted by Crippen LogP contribution is 2.31. The van der Waals surface area contributed by atoms with Gasteiger partial charge in [0, 0.05) is 6.54 Å². The van der Waals surface area contributed by atoms with E-state index in [4.69, 9.17) is 5.11 Å². The quantitative estimate of drug-likeness (QED) is 0.518. The Balaban J connectivity index is 2.01. The maximum atomic E-state index is 8.63. The number of hydrogen-bond donors (Lipinski definition) is 2. The molecule has 0 spiro atoms. The fraction of sp³-hybridized carbons (Fsp3) is 1.00. The highest BCUT2D eigenvalue weighted by molar-refractivity contribution is 4.71. The van der Waals surface area contributed by atoms with E-state index >= 15 is 0 Å². The minimum absolute atomic E-state index is 0.264. The molecular weight excluding hydrogens is 198 g/mol. The Labute approximate surface area is 101 Å². The lowest BCUT2D eigenvalue weighted by atomic mass is 9.85. The Kier molecular flexibility index (Phi) is 7.87. The van der Waals surface area contributed by atoms with Gasteiger partial charge in [-0.15, -0.1) is 0 Å². The molecule has 2 nitrogen and oxygen atoms in total. The molecule has 0 aliphatic heterocycles. The fourth-order valence-corrected chi connectivity index (χ4v) is 2.86. The third kappa shape index (κ3) is 5.86. The van der Waals surface area contributed by atoms with E-state index in [1.807, 2.05) is 0 Å². The van der Waals surface area contributed by atoms with Gasteiger partial charge in [-0.25, -0.2) is 0 Å². The zero-order valence-corrected chi connectivity index (χ0v) is 10.9. The van der Waals surface area contributed by atoms with Crippen molar-refractivity contribution in [3.05, 3.63) is 0 Å². The van der Waals surface area contributed by atoms with Crippen LogP contribution < -0.4 is 5.32 Å². The third-order valence-corrected chi connectivity index (χ3v) is 4.01. The molecular formula is C14H29NO. The maximum Gasteiger partial charge on any atom is 0.0555 e. The zero-order valence-electron chi connectivity index (χ0n) is 10.9. The summed E-state index contributed by atoms with van der Waals surface area (Å²) < 4.78 is 0. The molecule has 1 rings (SSSR count). The molecule has 0 amide bonds. The number of aliphatic hydroxyl groups excluding tert-OH is 1. The second-order valence-corrected chi connectivity index (χ2v) is 5.34. The second-order valence-electron chi connectivity index (χ2n) is 5.34. The van der Waals surface area contributed by atoms with Gasteiger partial charge in [-0.3, -0.25) is 0 Å². The number of nitrogens with one attached hydrogen (secondary N) is 1. The smallest absolute Gasteiger partial charge is 0.0555 e. The first-order chi connectivity index (χ1) is 7.84. The summed E-state index contributed by atoms with van der Waals surface area (Å²) >= 11 is 0. The van der Waals surface area contributed by atoms with Gasteiger partial charge >= 0.3 is 0 Å². The molecule has 0 bridgehead atoms. The van der Waals surface area contributed by atoms with Crippen LogP contribution in [0.25, 0.3) is 0 Å².